The van der Waals surface area contributed by atoms with Crippen LogP contribution in [0.4, 0.5) is 4.39 Å². The molecule has 1 aliphatic rings. The number of carboxylic acids is 1. The minimum absolute atomic E-state index is 0.0927. The van der Waals surface area contributed by atoms with Crippen LogP contribution in [-0.4, -0.2) is 47.6 Å². The third-order valence-corrected chi connectivity index (χ3v) is 5.09. The Hall–Kier alpha value is -1.51. The molecule has 1 unspecified atom stereocenters. The second-order valence-corrected chi connectivity index (χ2v) is 6.94. The Morgan fingerprint density at radius 1 is 1.45 bits per heavy atom. The molecule has 2 rings (SSSR count). The number of hydrogen-bond acceptors (Lipinski definition) is 4. The van der Waals surface area contributed by atoms with Crippen molar-refractivity contribution in [3.05, 3.63) is 29.6 Å². The Balaban J connectivity index is 2.38. The summed E-state index contributed by atoms with van der Waals surface area (Å²) in [6, 6.07) is 2.64. The molecule has 0 saturated carbocycles. The van der Waals surface area contributed by atoms with E-state index in [1.54, 1.807) is 0 Å². The number of halogens is 1. The van der Waals surface area contributed by atoms with Crippen LogP contribution in [-0.2, 0) is 10.0 Å². The maximum atomic E-state index is 13.8. The first-order chi connectivity index (χ1) is 9.13. The first kappa shape index (κ1) is 14.9. The van der Waals surface area contributed by atoms with E-state index in [1.165, 1.54) is 6.92 Å². The van der Waals surface area contributed by atoms with E-state index in [1.807, 2.05) is 0 Å². The highest BCUT2D eigenvalue weighted by Gasteiger charge is 2.39. The smallest absolute Gasteiger partial charge is 0.335 e. The van der Waals surface area contributed by atoms with Crippen molar-refractivity contribution in [2.45, 2.75) is 23.8 Å². The van der Waals surface area contributed by atoms with Gasteiger partial charge in [0.05, 0.1) is 11.2 Å². The minimum atomic E-state index is -4.08. The van der Waals surface area contributed by atoms with E-state index in [0.717, 1.165) is 16.4 Å². The van der Waals surface area contributed by atoms with Crippen LogP contribution in [0, 0.1) is 5.82 Å². The molecule has 110 valence electrons. The molecule has 1 heterocycles. The average Bonchev–Trinajstić information content (AvgIpc) is 2.69. The van der Waals surface area contributed by atoms with E-state index in [-0.39, 0.29) is 25.1 Å². The van der Waals surface area contributed by atoms with Crippen molar-refractivity contribution in [2.75, 3.05) is 13.1 Å². The number of β-amino-alcohol motifs (C(OH)–C–C–N with tert-alkyl or cyclic N) is 1. The lowest BCUT2D eigenvalue weighted by molar-refractivity contribution is 0.0695. The molecule has 6 nitrogen and oxygen atoms in total. The molecule has 1 fully saturated rings. The summed E-state index contributed by atoms with van der Waals surface area (Å²) in [4.78, 5) is 10.1. The minimum Gasteiger partial charge on any atom is -0.478 e. The van der Waals surface area contributed by atoms with E-state index in [9.17, 15) is 22.7 Å². The van der Waals surface area contributed by atoms with Crippen molar-refractivity contribution in [1.29, 1.82) is 0 Å². The molecule has 2 N–H and O–H groups in total. The van der Waals surface area contributed by atoms with Crippen LogP contribution < -0.4 is 0 Å². The summed E-state index contributed by atoms with van der Waals surface area (Å²) < 4.78 is 39.3. The number of aliphatic hydroxyl groups is 1. The summed E-state index contributed by atoms with van der Waals surface area (Å²) in [5.74, 6) is -2.45. The normalized spacial score (nSPS) is 23.9. The van der Waals surface area contributed by atoms with Crippen LogP contribution in [0.1, 0.15) is 23.7 Å². The van der Waals surface area contributed by atoms with Crippen molar-refractivity contribution in [3.63, 3.8) is 0 Å². The Kier molecular flexibility index (Phi) is 3.57. The fraction of sp³-hybridized carbons (Fsp3) is 0.417. The van der Waals surface area contributed by atoms with E-state index in [0.29, 0.717) is 6.07 Å². The number of sulfonamides is 1. The Morgan fingerprint density at radius 2 is 2.10 bits per heavy atom. The van der Waals surface area contributed by atoms with E-state index < -0.39 is 32.3 Å². The SMILES string of the molecule is CC1(O)CCN(S(=O)(=O)c2ccc(C(=O)O)cc2F)C1. The lowest BCUT2D eigenvalue weighted by Crippen LogP contribution is -2.34. The van der Waals surface area contributed by atoms with Crippen LogP contribution >= 0.6 is 0 Å². The Bertz CT molecular complexity index is 656. The third kappa shape index (κ3) is 2.67. The zero-order chi connectivity index (χ0) is 15.1. The summed E-state index contributed by atoms with van der Waals surface area (Å²) >= 11 is 0. The van der Waals surface area contributed by atoms with Gasteiger partial charge in [0.1, 0.15) is 10.7 Å². The van der Waals surface area contributed by atoms with E-state index in [4.69, 9.17) is 5.11 Å². The fourth-order valence-electron chi connectivity index (χ4n) is 2.09. The van der Waals surface area contributed by atoms with Gasteiger partial charge in [-0.2, -0.15) is 4.31 Å². The van der Waals surface area contributed by atoms with Gasteiger partial charge in [-0.1, -0.05) is 0 Å². The van der Waals surface area contributed by atoms with Crippen molar-refractivity contribution in [1.82, 2.24) is 4.31 Å². The molecule has 1 atom stereocenters. The molecule has 1 aromatic rings. The molecule has 0 spiro atoms. The molecule has 0 amide bonds. The fourth-order valence-corrected chi connectivity index (χ4v) is 3.69. The molecular weight excluding hydrogens is 289 g/mol. The summed E-state index contributed by atoms with van der Waals surface area (Å²) in [5.41, 5.74) is -1.46. The number of benzene rings is 1. The predicted molar refractivity (Wildman–Crippen MR) is 67.4 cm³/mol. The van der Waals surface area contributed by atoms with Crippen molar-refractivity contribution < 1.29 is 27.8 Å². The number of carbonyl (C=O) groups is 1. The Labute approximate surface area is 115 Å². The highest BCUT2D eigenvalue weighted by Crippen LogP contribution is 2.28. The molecule has 0 radical (unpaired) electrons. The molecule has 0 aliphatic carbocycles. The molecule has 0 aromatic heterocycles. The summed E-state index contributed by atoms with van der Waals surface area (Å²) in [6.45, 7) is 1.48. The summed E-state index contributed by atoms with van der Waals surface area (Å²) in [7, 11) is -4.08. The first-order valence-corrected chi connectivity index (χ1v) is 7.33. The molecule has 0 bridgehead atoms. The van der Waals surface area contributed by atoms with Crippen LogP contribution in [0.2, 0.25) is 0 Å². The second kappa shape index (κ2) is 4.80. The number of carboxylic acid groups (broad SMARTS) is 1. The lowest BCUT2D eigenvalue weighted by Gasteiger charge is -2.19. The van der Waals surface area contributed by atoms with Gasteiger partial charge in [0.15, 0.2) is 0 Å². The Morgan fingerprint density at radius 3 is 2.55 bits per heavy atom. The topological polar surface area (TPSA) is 94.9 Å². The van der Waals surface area contributed by atoms with Crippen LogP contribution in [0.3, 0.4) is 0 Å². The standard InChI is InChI=1S/C12H14FNO5S/c1-12(17)4-5-14(7-12)20(18,19)10-3-2-8(11(15)16)6-9(10)13/h2-3,6,17H,4-5,7H2,1H3,(H,15,16). The molecule has 1 saturated heterocycles. The van der Waals surface area contributed by atoms with Gasteiger partial charge in [-0.15, -0.1) is 0 Å². The van der Waals surface area contributed by atoms with Gasteiger partial charge in [-0.05, 0) is 31.5 Å². The van der Waals surface area contributed by atoms with Gasteiger partial charge < -0.3 is 10.2 Å². The van der Waals surface area contributed by atoms with Gasteiger partial charge >= 0.3 is 5.97 Å². The van der Waals surface area contributed by atoms with Gasteiger partial charge in [0, 0.05) is 13.1 Å². The largest absolute Gasteiger partial charge is 0.478 e. The maximum Gasteiger partial charge on any atom is 0.335 e. The number of nitrogens with zero attached hydrogens (tertiary/aromatic N) is 1. The molecular formula is C12H14FNO5S. The van der Waals surface area contributed by atoms with Crippen molar-refractivity contribution in [3.8, 4) is 0 Å². The number of hydrogen-bond donors (Lipinski definition) is 2. The second-order valence-electron chi connectivity index (χ2n) is 5.04. The molecule has 20 heavy (non-hydrogen) atoms. The van der Waals surface area contributed by atoms with E-state index in [2.05, 4.69) is 0 Å². The third-order valence-electron chi connectivity index (χ3n) is 3.21. The maximum absolute atomic E-state index is 13.8. The monoisotopic (exact) mass is 303 g/mol. The predicted octanol–water partition coefficient (Wildman–Crippen LogP) is 0.669. The first-order valence-electron chi connectivity index (χ1n) is 5.89. The zero-order valence-electron chi connectivity index (χ0n) is 10.7. The lowest BCUT2D eigenvalue weighted by atomic mass is 10.1. The highest BCUT2D eigenvalue weighted by atomic mass is 32.2. The average molecular weight is 303 g/mol. The number of aromatic carboxylic acids is 1. The zero-order valence-corrected chi connectivity index (χ0v) is 11.5. The van der Waals surface area contributed by atoms with Gasteiger partial charge in [0.2, 0.25) is 10.0 Å². The molecule has 1 aromatic carbocycles. The van der Waals surface area contributed by atoms with Crippen LogP contribution in [0.25, 0.3) is 0 Å². The van der Waals surface area contributed by atoms with Gasteiger partial charge in [0.25, 0.3) is 0 Å². The summed E-state index contributed by atoms with van der Waals surface area (Å²) in [5, 5.41) is 18.5. The molecule has 1 aliphatic heterocycles. The van der Waals surface area contributed by atoms with E-state index >= 15 is 0 Å². The van der Waals surface area contributed by atoms with Crippen LogP contribution in [0.15, 0.2) is 23.1 Å². The van der Waals surface area contributed by atoms with Crippen molar-refractivity contribution in [2.24, 2.45) is 0 Å². The molecule has 8 heteroatoms. The van der Waals surface area contributed by atoms with Gasteiger partial charge in [-0.25, -0.2) is 17.6 Å². The van der Waals surface area contributed by atoms with Crippen LogP contribution in [0.5, 0.6) is 0 Å². The quantitative estimate of drug-likeness (QED) is 0.856. The van der Waals surface area contributed by atoms with Crippen molar-refractivity contribution >= 4 is 16.0 Å². The highest BCUT2D eigenvalue weighted by molar-refractivity contribution is 7.89. The summed E-state index contributed by atoms with van der Waals surface area (Å²) in [6.07, 6.45) is 0.265. The van der Waals surface area contributed by atoms with Gasteiger partial charge in [-0.3, -0.25) is 0 Å². The number of rotatable bonds is 3.